The Kier molecular flexibility index (Phi) is 6.43. The number of fused-ring (bicyclic) bond motifs is 1. The molecule has 1 aromatic heterocycles. The van der Waals surface area contributed by atoms with Crippen molar-refractivity contribution in [3.8, 4) is 0 Å². The van der Waals surface area contributed by atoms with Gasteiger partial charge in [-0.15, -0.1) is 11.6 Å². The zero-order valence-corrected chi connectivity index (χ0v) is 18.3. The Balaban J connectivity index is 1.41. The van der Waals surface area contributed by atoms with Gasteiger partial charge in [0.05, 0.1) is 23.6 Å². The number of halogens is 1. The predicted octanol–water partition coefficient (Wildman–Crippen LogP) is 4.06. The molecule has 31 heavy (non-hydrogen) atoms. The Bertz CT molecular complexity index is 975. The molecule has 1 aromatic rings. The van der Waals surface area contributed by atoms with Gasteiger partial charge in [-0.05, 0) is 26.5 Å². The van der Waals surface area contributed by atoms with Gasteiger partial charge in [-0.1, -0.05) is 47.7 Å². The quantitative estimate of drug-likeness (QED) is 0.606. The van der Waals surface area contributed by atoms with Crippen LogP contribution in [0.2, 0.25) is 0 Å². The lowest BCUT2D eigenvalue weighted by atomic mass is 9.92. The maximum absolute atomic E-state index is 10.7. The Morgan fingerprint density at radius 1 is 1.26 bits per heavy atom. The minimum Gasteiger partial charge on any atom is -0.481 e. The summed E-state index contributed by atoms with van der Waals surface area (Å²) in [6.45, 7) is 4.67. The zero-order chi connectivity index (χ0) is 22.0. The van der Waals surface area contributed by atoms with Gasteiger partial charge in [-0.25, -0.2) is 0 Å². The van der Waals surface area contributed by atoms with Crippen molar-refractivity contribution in [3.63, 3.8) is 0 Å². The second-order valence-electron chi connectivity index (χ2n) is 8.12. The fraction of sp³-hybridized carbons (Fsp3) is 0.435. The first kappa shape index (κ1) is 21.6. The molecule has 0 bridgehead atoms. The maximum atomic E-state index is 10.7. The van der Waals surface area contributed by atoms with Crippen molar-refractivity contribution in [3.05, 3.63) is 60.4 Å². The Morgan fingerprint density at radius 3 is 2.81 bits per heavy atom. The van der Waals surface area contributed by atoms with Gasteiger partial charge >= 0.3 is 5.97 Å². The summed E-state index contributed by atoms with van der Waals surface area (Å²) in [4.78, 5) is 17.5. The van der Waals surface area contributed by atoms with Crippen LogP contribution in [0.5, 0.6) is 0 Å². The van der Waals surface area contributed by atoms with E-state index in [9.17, 15) is 4.79 Å². The van der Waals surface area contributed by atoms with Crippen LogP contribution in [0.15, 0.2) is 53.3 Å². The van der Waals surface area contributed by atoms with Crippen molar-refractivity contribution in [2.45, 2.75) is 50.3 Å². The molecule has 0 amide bonds. The van der Waals surface area contributed by atoms with E-state index >= 15 is 0 Å². The third-order valence-corrected chi connectivity index (χ3v) is 5.78. The Hall–Kier alpha value is -2.64. The average Bonchev–Trinajstić information content (AvgIpc) is 3.36. The van der Waals surface area contributed by atoms with Crippen LogP contribution in [-0.2, 0) is 9.53 Å². The average molecular weight is 444 g/mol. The highest BCUT2D eigenvalue weighted by atomic mass is 35.5. The summed E-state index contributed by atoms with van der Waals surface area (Å²) >= 11 is 6.45. The summed E-state index contributed by atoms with van der Waals surface area (Å²) in [5, 5.41) is 12.7. The number of aromatic nitrogens is 2. The first-order chi connectivity index (χ1) is 14.9. The summed E-state index contributed by atoms with van der Waals surface area (Å²) in [5.41, 5.74) is 1.68. The van der Waals surface area contributed by atoms with E-state index in [1.165, 1.54) is 0 Å². The monoisotopic (exact) mass is 443 g/mol. The lowest BCUT2D eigenvalue weighted by Crippen LogP contribution is -2.31. The lowest BCUT2D eigenvalue weighted by molar-refractivity contribution is -0.137. The smallest absolute Gasteiger partial charge is 0.303 e. The van der Waals surface area contributed by atoms with E-state index in [4.69, 9.17) is 26.0 Å². The topological polar surface area (TPSA) is 88.7 Å². The number of hydrogen-bond acceptors (Lipinski definition) is 6. The molecule has 1 aliphatic heterocycles. The van der Waals surface area contributed by atoms with Gasteiger partial charge in [0.15, 0.2) is 0 Å². The van der Waals surface area contributed by atoms with Gasteiger partial charge in [0.25, 0.3) is 5.89 Å². The number of aliphatic carboxylic acids is 1. The standard InChI is InChI=1S/C23H26ClN3O4/c1-14(2)30-20-8-6-17(13-18(20)24)23-25-22(26-31-23)16-5-7-19-15(12-16)9-11-27(19)10-3-4-21(28)29/h5-9,11-15,18-20H,3-4,10H2,1-2H3,(H,28,29). The summed E-state index contributed by atoms with van der Waals surface area (Å²) in [6.07, 6.45) is 16.8. The molecule has 4 unspecified atom stereocenters. The third-order valence-electron chi connectivity index (χ3n) is 5.41. The minimum atomic E-state index is -0.764. The van der Waals surface area contributed by atoms with Gasteiger partial charge < -0.3 is 19.3 Å². The third kappa shape index (κ3) is 4.99. The number of ether oxygens (including phenoxy) is 1. The van der Waals surface area contributed by atoms with Crippen LogP contribution < -0.4 is 0 Å². The number of carboxylic acid groups (broad SMARTS) is 1. The molecule has 8 heteroatoms. The highest BCUT2D eigenvalue weighted by Crippen LogP contribution is 2.32. The minimum absolute atomic E-state index is 0.0902. The van der Waals surface area contributed by atoms with E-state index in [2.05, 4.69) is 33.3 Å². The van der Waals surface area contributed by atoms with Crippen LogP contribution in [0, 0.1) is 5.92 Å². The SMILES string of the molecule is CC(C)OC1C=CC(c2nc(C3=CC4C=CN(CCCC(=O)O)C4C=C3)no2)=CC1Cl. The Morgan fingerprint density at radius 2 is 2.06 bits per heavy atom. The van der Waals surface area contributed by atoms with Gasteiger partial charge in [0.2, 0.25) is 5.82 Å². The van der Waals surface area contributed by atoms with Crippen LogP contribution in [0.25, 0.3) is 11.1 Å². The van der Waals surface area contributed by atoms with E-state index < -0.39 is 5.97 Å². The highest BCUT2D eigenvalue weighted by Gasteiger charge is 2.29. The first-order valence-corrected chi connectivity index (χ1v) is 10.9. The second kappa shape index (κ2) is 9.24. The predicted molar refractivity (Wildman–Crippen MR) is 118 cm³/mol. The van der Waals surface area contributed by atoms with E-state index in [-0.39, 0.29) is 36.0 Å². The number of nitrogens with zero attached hydrogens (tertiary/aromatic N) is 3. The molecule has 0 spiro atoms. The molecule has 7 nitrogen and oxygen atoms in total. The molecular weight excluding hydrogens is 418 g/mol. The molecule has 0 saturated carbocycles. The summed E-state index contributed by atoms with van der Waals surface area (Å²) in [7, 11) is 0. The van der Waals surface area contributed by atoms with Crippen LogP contribution in [0.3, 0.4) is 0 Å². The van der Waals surface area contributed by atoms with Crippen molar-refractivity contribution in [1.29, 1.82) is 0 Å². The number of allylic oxidation sites excluding steroid dienone is 4. The largest absolute Gasteiger partial charge is 0.481 e. The van der Waals surface area contributed by atoms with Crippen LogP contribution in [-0.4, -0.2) is 56.3 Å². The lowest BCUT2D eigenvalue weighted by Gasteiger charge is -2.28. The molecule has 0 radical (unpaired) electrons. The fourth-order valence-electron chi connectivity index (χ4n) is 3.95. The van der Waals surface area contributed by atoms with E-state index in [1.807, 2.05) is 44.4 Å². The van der Waals surface area contributed by atoms with Gasteiger partial charge in [0.1, 0.15) is 0 Å². The highest BCUT2D eigenvalue weighted by molar-refractivity contribution is 6.23. The second-order valence-corrected chi connectivity index (χ2v) is 8.63. The molecule has 4 rings (SSSR count). The van der Waals surface area contributed by atoms with Gasteiger partial charge in [0, 0.05) is 30.0 Å². The molecule has 1 N–H and O–H groups in total. The molecular formula is C23H26ClN3O4. The molecule has 0 aromatic carbocycles. The van der Waals surface area contributed by atoms with E-state index in [1.54, 1.807) is 0 Å². The number of alkyl halides is 1. The molecule has 164 valence electrons. The zero-order valence-electron chi connectivity index (χ0n) is 17.5. The van der Waals surface area contributed by atoms with Crippen molar-refractivity contribution in [2.75, 3.05) is 6.54 Å². The molecule has 0 saturated heterocycles. The van der Waals surface area contributed by atoms with Crippen molar-refractivity contribution in [1.82, 2.24) is 15.0 Å². The molecule has 3 aliphatic rings. The van der Waals surface area contributed by atoms with Crippen molar-refractivity contribution in [2.24, 2.45) is 5.92 Å². The summed E-state index contributed by atoms with van der Waals surface area (Å²) < 4.78 is 11.3. The van der Waals surface area contributed by atoms with Crippen LogP contribution >= 0.6 is 11.6 Å². The van der Waals surface area contributed by atoms with Crippen molar-refractivity contribution >= 4 is 28.7 Å². The number of carbonyl (C=O) groups is 1. The van der Waals surface area contributed by atoms with Crippen molar-refractivity contribution < 1.29 is 19.2 Å². The molecule has 0 fully saturated rings. The summed E-state index contributed by atoms with van der Waals surface area (Å²) in [5.74, 6) is 0.388. The van der Waals surface area contributed by atoms with E-state index in [0.29, 0.717) is 24.7 Å². The maximum Gasteiger partial charge on any atom is 0.303 e. The van der Waals surface area contributed by atoms with Crippen LogP contribution in [0.1, 0.15) is 38.4 Å². The number of rotatable bonds is 8. The number of carboxylic acids is 1. The van der Waals surface area contributed by atoms with Gasteiger partial charge in [-0.3, -0.25) is 4.79 Å². The fourth-order valence-corrected chi connectivity index (χ4v) is 4.23. The normalized spacial score (nSPS) is 26.9. The Labute approximate surface area is 186 Å². The van der Waals surface area contributed by atoms with E-state index in [0.717, 1.165) is 11.1 Å². The van der Waals surface area contributed by atoms with Crippen LogP contribution in [0.4, 0.5) is 0 Å². The molecule has 2 aliphatic carbocycles. The molecule has 4 atom stereocenters. The first-order valence-electron chi connectivity index (χ1n) is 10.5. The number of hydrogen-bond donors (Lipinski definition) is 1. The van der Waals surface area contributed by atoms with Gasteiger partial charge in [-0.2, -0.15) is 4.98 Å². The molecule has 2 heterocycles. The summed E-state index contributed by atoms with van der Waals surface area (Å²) in [6, 6.07) is 0.197.